The van der Waals surface area contributed by atoms with Crippen LogP contribution < -0.4 is 4.90 Å². The van der Waals surface area contributed by atoms with Gasteiger partial charge in [0.25, 0.3) is 0 Å². The van der Waals surface area contributed by atoms with Crippen LogP contribution >= 0.6 is 0 Å². The van der Waals surface area contributed by atoms with Gasteiger partial charge in [0, 0.05) is 49.0 Å². The molecule has 3 heterocycles. The van der Waals surface area contributed by atoms with Gasteiger partial charge >= 0.3 is 0 Å². The summed E-state index contributed by atoms with van der Waals surface area (Å²) in [5.74, 6) is 0.398. The molecule has 0 saturated carbocycles. The summed E-state index contributed by atoms with van der Waals surface area (Å²) < 4.78 is 5.50. The fourth-order valence-corrected chi connectivity index (χ4v) is 4.40. The van der Waals surface area contributed by atoms with E-state index in [2.05, 4.69) is 70.4 Å². The van der Waals surface area contributed by atoms with E-state index >= 15 is 0 Å². The predicted molar refractivity (Wildman–Crippen MR) is 106 cm³/mol. The van der Waals surface area contributed by atoms with E-state index in [0.717, 1.165) is 39.4 Å². The van der Waals surface area contributed by atoms with Crippen LogP contribution in [0.3, 0.4) is 0 Å². The number of rotatable bonds is 2. The van der Waals surface area contributed by atoms with Crippen LogP contribution in [0.15, 0.2) is 48.5 Å². The summed E-state index contributed by atoms with van der Waals surface area (Å²) >= 11 is 0. The molecule has 3 aromatic rings. The van der Waals surface area contributed by atoms with Crippen molar-refractivity contribution in [3.05, 3.63) is 65.4 Å². The molecule has 1 fully saturated rings. The third kappa shape index (κ3) is 2.79. The Kier molecular flexibility index (Phi) is 3.95. The molecule has 1 N–H and O–H groups in total. The van der Waals surface area contributed by atoms with E-state index in [1.165, 1.54) is 33.4 Å². The second-order valence-electron chi connectivity index (χ2n) is 7.54. The van der Waals surface area contributed by atoms with Crippen molar-refractivity contribution in [3.63, 3.8) is 0 Å². The third-order valence-corrected chi connectivity index (χ3v) is 5.74. The Morgan fingerprint density at radius 3 is 2.73 bits per heavy atom. The number of likely N-dealkylation sites (N-methyl/N-ethyl adjacent to an activating group) is 1. The molecule has 134 valence electrons. The summed E-state index contributed by atoms with van der Waals surface area (Å²) in [4.78, 5) is 8.52. The number of fused-ring (bicyclic) bond motifs is 2. The Hall–Kier alpha value is -2.30. The van der Waals surface area contributed by atoms with E-state index in [0.29, 0.717) is 5.92 Å². The smallest absolute Gasteiger partial charge is 0.0642 e. The van der Waals surface area contributed by atoms with E-state index in [-0.39, 0.29) is 0 Å². The largest absolute Gasteiger partial charge is 0.378 e. The standard InChI is InChI=1S/C22H25N3O/c1-24-14-17-12-18(25-8-10-26-11-9-25)6-7-19(17)20(15-24)22-13-16-4-2-3-5-21(16)23-22/h2-7,12-13,20,23H,8-11,14-15H2,1H3. The average Bonchev–Trinajstić information content (AvgIpc) is 3.11. The average molecular weight is 347 g/mol. The fourth-order valence-electron chi connectivity index (χ4n) is 4.40. The Morgan fingerprint density at radius 1 is 1.04 bits per heavy atom. The van der Waals surface area contributed by atoms with Gasteiger partial charge in [-0.25, -0.2) is 0 Å². The monoisotopic (exact) mass is 347 g/mol. The topological polar surface area (TPSA) is 31.5 Å². The number of hydrogen-bond acceptors (Lipinski definition) is 3. The minimum atomic E-state index is 0.398. The predicted octanol–water partition coefficient (Wildman–Crippen LogP) is 3.58. The van der Waals surface area contributed by atoms with Gasteiger partial charge in [-0.1, -0.05) is 24.3 Å². The van der Waals surface area contributed by atoms with Crippen LogP contribution in [0.4, 0.5) is 5.69 Å². The van der Waals surface area contributed by atoms with Crippen molar-refractivity contribution in [2.45, 2.75) is 12.5 Å². The lowest BCUT2D eigenvalue weighted by Crippen LogP contribution is -2.37. The molecule has 4 nitrogen and oxygen atoms in total. The molecule has 2 aliphatic heterocycles. The minimum Gasteiger partial charge on any atom is -0.378 e. The van der Waals surface area contributed by atoms with E-state index in [1.54, 1.807) is 0 Å². The molecule has 0 bridgehead atoms. The van der Waals surface area contributed by atoms with Gasteiger partial charge in [-0.2, -0.15) is 0 Å². The summed E-state index contributed by atoms with van der Waals surface area (Å²) in [5, 5.41) is 1.29. The van der Waals surface area contributed by atoms with Crippen molar-refractivity contribution in [3.8, 4) is 0 Å². The highest BCUT2D eigenvalue weighted by Gasteiger charge is 2.27. The highest BCUT2D eigenvalue weighted by molar-refractivity contribution is 5.80. The van der Waals surface area contributed by atoms with Crippen LogP contribution in [-0.4, -0.2) is 49.8 Å². The number of nitrogens with zero attached hydrogens (tertiary/aromatic N) is 2. The van der Waals surface area contributed by atoms with Gasteiger partial charge in [-0.15, -0.1) is 0 Å². The fraction of sp³-hybridized carbons (Fsp3) is 0.364. The minimum absolute atomic E-state index is 0.398. The number of anilines is 1. The molecule has 0 aliphatic carbocycles. The van der Waals surface area contributed by atoms with Crippen LogP contribution in [0.5, 0.6) is 0 Å². The molecule has 1 unspecified atom stereocenters. The summed E-state index contributed by atoms with van der Waals surface area (Å²) in [6.07, 6.45) is 0. The van der Waals surface area contributed by atoms with Gasteiger partial charge in [0.1, 0.15) is 0 Å². The molecule has 0 amide bonds. The van der Waals surface area contributed by atoms with Gasteiger partial charge in [0.15, 0.2) is 0 Å². The molecule has 2 aromatic carbocycles. The number of hydrogen-bond donors (Lipinski definition) is 1. The van der Waals surface area contributed by atoms with E-state index in [4.69, 9.17) is 4.74 Å². The van der Waals surface area contributed by atoms with E-state index < -0.39 is 0 Å². The zero-order valence-electron chi connectivity index (χ0n) is 15.2. The van der Waals surface area contributed by atoms with Crippen molar-refractivity contribution in [2.24, 2.45) is 0 Å². The molecule has 5 rings (SSSR count). The zero-order chi connectivity index (χ0) is 17.5. The highest BCUT2D eigenvalue weighted by atomic mass is 16.5. The third-order valence-electron chi connectivity index (χ3n) is 5.74. The molecule has 1 atom stereocenters. The van der Waals surface area contributed by atoms with Crippen LogP contribution in [0.2, 0.25) is 0 Å². The summed E-state index contributed by atoms with van der Waals surface area (Å²) in [5.41, 5.74) is 6.79. The van der Waals surface area contributed by atoms with Crippen molar-refractivity contribution in [1.29, 1.82) is 0 Å². The van der Waals surface area contributed by atoms with Gasteiger partial charge < -0.3 is 19.5 Å². The SMILES string of the molecule is CN1Cc2cc(N3CCOCC3)ccc2C(c2cc3ccccc3[nH]2)C1. The lowest BCUT2D eigenvalue weighted by molar-refractivity contribution is 0.122. The molecule has 0 spiro atoms. The van der Waals surface area contributed by atoms with Crippen LogP contribution in [-0.2, 0) is 11.3 Å². The molecule has 1 saturated heterocycles. The molecular formula is C22H25N3O. The first-order valence-corrected chi connectivity index (χ1v) is 9.49. The number of aromatic amines is 1. The Balaban J connectivity index is 1.53. The van der Waals surface area contributed by atoms with E-state index in [1.807, 2.05) is 0 Å². The maximum absolute atomic E-state index is 5.50. The second-order valence-corrected chi connectivity index (χ2v) is 7.54. The van der Waals surface area contributed by atoms with Gasteiger partial charge in [0.05, 0.1) is 13.2 Å². The van der Waals surface area contributed by atoms with Crippen molar-refractivity contribution >= 4 is 16.6 Å². The number of para-hydroxylation sites is 1. The van der Waals surface area contributed by atoms with Gasteiger partial charge in [-0.05, 0) is 47.8 Å². The lowest BCUT2D eigenvalue weighted by Gasteiger charge is -2.34. The van der Waals surface area contributed by atoms with Gasteiger partial charge in [0.2, 0.25) is 0 Å². The van der Waals surface area contributed by atoms with Crippen LogP contribution in [0.25, 0.3) is 10.9 Å². The molecule has 4 heteroatoms. The number of benzene rings is 2. The summed E-state index contributed by atoms with van der Waals surface area (Å²) in [7, 11) is 2.22. The summed E-state index contributed by atoms with van der Waals surface area (Å²) in [6.45, 7) is 5.70. The number of morpholine rings is 1. The van der Waals surface area contributed by atoms with E-state index in [9.17, 15) is 0 Å². The zero-order valence-corrected chi connectivity index (χ0v) is 15.2. The Morgan fingerprint density at radius 2 is 1.88 bits per heavy atom. The van der Waals surface area contributed by atoms with Crippen molar-refractivity contribution < 1.29 is 4.74 Å². The molecule has 1 aromatic heterocycles. The quantitative estimate of drug-likeness (QED) is 0.769. The van der Waals surface area contributed by atoms with Crippen molar-refractivity contribution in [1.82, 2.24) is 9.88 Å². The molecule has 0 radical (unpaired) electrons. The Bertz CT molecular complexity index is 893. The van der Waals surface area contributed by atoms with Crippen molar-refractivity contribution in [2.75, 3.05) is 44.8 Å². The van der Waals surface area contributed by atoms with Crippen LogP contribution in [0.1, 0.15) is 22.7 Å². The maximum Gasteiger partial charge on any atom is 0.0642 e. The lowest BCUT2D eigenvalue weighted by atomic mass is 9.87. The summed E-state index contributed by atoms with van der Waals surface area (Å²) in [6, 6.07) is 17.9. The highest BCUT2D eigenvalue weighted by Crippen LogP contribution is 2.36. The molecule has 26 heavy (non-hydrogen) atoms. The number of H-pyrrole nitrogens is 1. The molecule has 2 aliphatic rings. The van der Waals surface area contributed by atoms with Gasteiger partial charge in [-0.3, -0.25) is 0 Å². The number of aromatic nitrogens is 1. The number of ether oxygens (including phenoxy) is 1. The van der Waals surface area contributed by atoms with Crippen LogP contribution in [0, 0.1) is 0 Å². The first kappa shape index (κ1) is 15.9. The maximum atomic E-state index is 5.50. The first-order chi connectivity index (χ1) is 12.8. The Labute approximate surface area is 154 Å². The molecular weight excluding hydrogens is 322 g/mol. The normalized spacial score (nSPS) is 21.1. The second kappa shape index (κ2) is 6.45. The first-order valence-electron chi connectivity index (χ1n) is 9.49. The number of nitrogens with one attached hydrogen (secondary N) is 1.